The molecule has 0 aromatic rings. The molecular formula is C13H28N2O. The molecule has 1 aliphatic heterocycles. The molecular weight excluding hydrogens is 200 g/mol. The lowest BCUT2D eigenvalue weighted by molar-refractivity contribution is 0.0710. The van der Waals surface area contributed by atoms with Crippen molar-refractivity contribution in [2.24, 2.45) is 0 Å². The summed E-state index contributed by atoms with van der Waals surface area (Å²) in [5.74, 6) is 0. The SMILES string of the molecule is CCC(C)N1CC(CCO)NCCC1(C)C. The molecule has 2 atom stereocenters. The van der Waals surface area contributed by atoms with Crippen molar-refractivity contribution in [3.63, 3.8) is 0 Å². The molecule has 0 saturated carbocycles. The van der Waals surface area contributed by atoms with E-state index in [1.165, 1.54) is 12.8 Å². The van der Waals surface area contributed by atoms with Gasteiger partial charge in [0.05, 0.1) is 0 Å². The average molecular weight is 228 g/mol. The molecule has 1 aliphatic rings. The van der Waals surface area contributed by atoms with Gasteiger partial charge in [-0.05, 0) is 46.6 Å². The van der Waals surface area contributed by atoms with E-state index in [0.717, 1.165) is 19.5 Å². The molecule has 3 heteroatoms. The van der Waals surface area contributed by atoms with Gasteiger partial charge in [0.2, 0.25) is 0 Å². The Labute approximate surface area is 100 Å². The number of nitrogens with one attached hydrogen (secondary N) is 1. The number of rotatable bonds is 4. The van der Waals surface area contributed by atoms with Gasteiger partial charge in [0.1, 0.15) is 0 Å². The molecule has 2 N–H and O–H groups in total. The van der Waals surface area contributed by atoms with Crippen LogP contribution in [0.3, 0.4) is 0 Å². The second-order valence-electron chi connectivity index (χ2n) is 5.64. The molecule has 0 bridgehead atoms. The maximum Gasteiger partial charge on any atom is 0.0446 e. The normalized spacial score (nSPS) is 28.7. The first-order valence-corrected chi connectivity index (χ1v) is 6.62. The fourth-order valence-corrected chi connectivity index (χ4v) is 2.62. The third-order valence-electron chi connectivity index (χ3n) is 3.96. The minimum atomic E-state index is 0.270. The van der Waals surface area contributed by atoms with Crippen LogP contribution in [0.4, 0.5) is 0 Å². The van der Waals surface area contributed by atoms with Gasteiger partial charge in [-0.25, -0.2) is 0 Å². The van der Waals surface area contributed by atoms with Crippen molar-refractivity contribution in [3.8, 4) is 0 Å². The second kappa shape index (κ2) is 5.99. The van der Waals surface area contributed by atoms with E-state index in [4.69, 9.17) is 5.11 Å². The molecule has 96 valence electrons. The zero-order valence-corrected chi connectivity index (χ0v) is 11.3. The fourth-order valence-electron chi connectivity index (χ4n) is 2.62. The van der Waals surface area contributed by atoms with Crippen molar-refractivity contribution < 1.29 is 5.11 Å². The zero-order valence-electron chi connectivity index (χ0n) is 11.3. The first-order valence-electron chi connectivity index (χ1n) is 6.62. The summed E-state index contributed by atoms with van der Waals surface area (Å²) in [7, 11) is 0. The van der Waals surface area contributed by atoms with Gasteiger partial charge < -0.3 is 10.4 Å². The summed E-state index contributed by atoms with van der Waals surface area (Å²) in [6.45, 7) is 11.6. The fraction of sp³-hybridized carbons (Fsp3) is 1.00. The van der Waals surface area contributed by atoms with Crippen LogP contribution in [0, 0.1) is 0 Å². The molecule has 1 heterocycles. The second-order valence-corrected chi connectivity index (χ2v) is 5.64. The first kappa shape index (κ1) is 13.9. The summed E-state index contributed by atoms with van der Waals surface area (Å²) in [4.78, 5) is 2.60. The lowest BCUT2D eigenvalue weighted by Gasteiger charge is -2.42. The van der Waals surface area contributed by atoms with Crippen LogP contribution < -0.4 is 5.32 Å². The minimum Gasteiger partial charge on any atom is -0.396 e. The Morgan fingerprint density at radius 3 is 2.75 bits per heavy atom. The van der Waals surface area contributed by atoms with Gasteiger partial charge in [0.15, 0.2) is 0 Å². The van der Waals surface area contributed by atoms with Crippen molar-refractivity contribution in [2.45, 2.75) is 64.6 Å². The highest BCUT2D eigenvalue weighted by molar-refractivity contribution is 4.91. The number of aliphatic hydroxyl groups excluding tert-OH is 1. The van der Waals surface area contributed by atoms with Gasteiger partial charge in [-0.2, -0.15) is 0 Å². The topological polar surface area (TPSA) is 35.5 Å². The van der Waals surface area contributed by atoms with Crippen LogP contribution >= 0.6 is 0 Å². The summed E-state index contributed by atoms with van der Waals surface area (Å²) in [5.41, 5.74) is 0.270. The largest absolute Gasteiger partial charge is 0.396 e. The number of nitrogens with zero attached hydrogens (tertiary/aromatic N) is 1. The number of hydrogen-bond donors (Lipinski definition) is 2. The predicted octanol–water partition coefficient (Wildman–Crippen LogP) is 1.61. The van der Waals surface area contributed by atoms with E-state index >= 15 is 0 Å². The average Bonchev–Trinajstić information content (AvgIpc) is 2.37. The highest BCUT2D eigenvalue weighted by Crippen LogP contribution is 2.25. The zero-order chi connectivity index (χ0) is 12.2. The molecule has 0 aliphatic carbocycles. The monoisotopic (exact) mass is 228 g/mol. The summed E-state index contributed by atoms with van der Waals surface area (Å²) >= 11 is 0. The van der Waals surface area contributed by atoms with Crippen molar-refractivity contribution in [3.05, 3.63) is 0 Å². The molecule has 0 aromatic carbocycles. The minimum absolute atomic E-state index is 0.270. The van der Waals surface area contributed by atoms with Crippen LogP contribution in [-0.4, -0.2) is 47.3 Å². The van der Waals surface area contributed by atoms with Crippen molar-refractivity contribution in [1.82, 2.24) is 10.2 Å². The summed E-state index contributed by atoms with van der Waals surface area (Å²) in [6.07, 6.45) is 3.23. The van der Waals surface area contributed by atoms with Gasteiger partial charge in [-0.15, -0.1) is 0 Å². The molecule has 1 rings (SSSR count). The molecule has 2 unspecified atom stereocenters. The molecule has 0 radical (unpaired) electrons. The van der Waals surface area contributed by atoms with Gasteiger partial charge in [0.25, 0.3) is 0 Å². The molecule has 0 amide bonds. The van der Waals surface area contributed by atoms with Crippen LogP contribution in [0.5, 0.6) is 0 Å². The molecule has 1 saturated heterocycles. The van der Waals surface area contributed by atoms with E-state index in [0.29, 0.717) is 12.1 Å². The maximum absolute atomic E-state index is 9.06. The molecule has 3 nitrogen and oxygen atoms in total. The Morgan fingerprint density at radius 2 is 2.19 bits per heavy atom. The van der Waals surface area contributed by atoms with Crippen molar-refractivity contribution >= 4 is 0 Å². The van der Waals surface area contributed by atoms with Crippen LogP contribution in [0.15, 0.2) is 0 Å². The van der Waals surface area contributed by atoms with Gasteiger partial charge in [-0.3, -0.25) is 4.90 Å². The lowest BCUT2D eigenvalue weighted by atomic mass is 9.95. The first-order chi connectivity index (χ1) is 7.51. The van der Waals surface area contributed by atoms with E-state index in [1.807, 2.05) is 0 Å². The standard InChI is InChI=1S/C13H28N2O/c1-5-11(2)15-10-12(6-9-16)14-8-7-13(15,3)4/h11-12,14,16H,5-10H2,1-4H3. The van der Waals surface area contributed by atoms with Crippen molar-refractivity contribution in [2.75, 3.05) is 19.7 Å². The Morgan fingerprint density at radius 1 is 1.50 bits per heavy atom. The smallest absolute Gasteiger partial charge is 0.0446 e. The quantitative estimate of drug-likeness (QED) is 0.767. The van der Waals surface area contributed by atoms with E-state index in [1.54, 1.807) is 0 Å². The number of aliphatic hydroxyl groups is 1. The van der Waals surface area contributed by atoms with E-state index < -0.39 is 0 Å². The van der Waals surface area contributed by atoms with Crippen LogP contribution in [0.2, 0.25) is 0 Å². The molecule has 0 aromatic heterocycles. The summed E-state index contributed by atoms with van der Waals surface area (Å²) in [5, 5.41) is 12.6. The molecule has 0 spiro atoms. The van der Waals surface area contributed by atoms with Gasteiger partial charge in [-0.1, -0.05) is 6.92 Å². The Kier molecular flexibility index (Phi) is 5.22. The third kappa shape index (κ3) is 3.44. The van der Waals surface area contributed by atoms with Crippen LogP contribution in [0.25, 0.3) is 0 Å². The summed E-state index contributed by atoms with van der Waals surface area (Å²) in [6, 6.07) is 1.07. The van der Waals surface area contributed by atoms with Crippen molar-refractivity contribution in [1.29, 1.82) is 0 Å². The Bertz CT molecular complexity index is 206. The van der Waals surface area contributed by atoms with E-state index in [9.17, 15) is 0 Å². The third-order valence-corrected chi connectivity index (χ3v) is 3.96. The number of hydrogen-bond acceptors (Lipinski definition) is 3. The highest BCUT2D eigenvalue weighted by Gasteiger charge is 2.33. The van der Waals surface area contributed by atoms with Gasteiger partial charge >= 0.3 is 0 Å². The van der Waals surface area contributed by atoms with E-state index in [2.05, 4.69) is 37.9 Å². The summed E-state index contributed by atoms with van der Waals surface area (Å²) < 4.78 is 0. The predicted molar refractivity (Wildman–Crippen MR) is 68.6 cm³/mol. The maximum atomic E-state index is 9.06. The Balaban J connectivity index is 2.71. The van der Waals surface area contributed by atoms with E-state index in [-0.39, 0.29) is 12.1 Å². The molecule has 1 fully saturated rings. The van der Waals surface area contributed by atoms with Crippen LogP contribution in [-0.2, 0) is 0 Å². The highest BCUT2D eigenvalue weighted by atomic mass is 16.3. The Hall–Kier alpha value is -0.120. The lowest BCUT2D eigenvalue weighted by Crippen LogP contribution is -2.51. The van der Waals surface area contributed by atoms with Crippen LogP contribution in [0.1, 0.15) is 47.0 Å². The molecule has 16 heavy (non-hydrogen) atoms. The van der Waals surface area contributed by atoms with Gasteiger partial charge in [0, 0.05) is 30.8 Å².